The second kappa shape index (κ2) is 9.41. The van der Waals surface area contributed by atoms with Crippen LogP contribution in [0.3, 0.4) is 0 Å². The van der Waals surface area contributed by atoms with E-state index in [1.165, 1.54) is 0 Å². The zero-order chi connectivity index (χ0) is 18.2. The lowest BCUT2D eigenvalue weighted by molar-refractivity contribution is 0.184. The number of carbonyl (C=O) groups excluding carboxylic acids is 2. The monoisotopic (exact) mass is 399 g/mol. The summed E-state index contributed by atoms with van der Waals surface area (Å²) in [5.41, 5.74) is 5.25. The van der Waals surface area contributed by atoms with Gasteiger partial charge in [-0.3, -0.25) is 4.72 Å². The molecule has 0 bridgehead atoms. The van der Waals surface area contributed by atoms with Gasteiger partial charge < -0.3 is 10.5 Å². The van der Waals surface area contributed by atoms with E-state index >= 15 is 0 Å². The lowest BCUT2D eigenvalue weighted by Crippen LogP contribution is -2.46. The number of ether oxygens (including phenoxy) is 1. The number of halogens is 2. The summed E-state index contributed by atoms with van der Waals surface area (Å²) in [6.45, 7) is 0.135. The molecule has 9 heteroatoms. The minimum Gasteiger partial charge on any atom is -0.492 e. The van der Waals surface area contributed by atoms with Gasteiger partial charge in [-0.05, 0) is 42.3 Å². The van der Waals surface area contributed by atoms with Crippen LogP contribution in [0.4, 0.5) is 9.59 Å². The molecular weight excluding hydrogens is 385 g/mol. The molecule has 3 N–H and O–H groups in total. The van der Waals surface area contributed by atoms with Gasteiger partial charge >= 0.3 is 12.1 Å². The maximum atomic E-state index is 12.1. The first-order valence-electron chi connectivity index (χ1n) is 7.14. The number of carbonyl (C=O) groups is 2. The topological polar surface area (TPSA) is 84.7 Å². The number of rotatable bonds is 6. The van der Waals surface area contributed by atoms with Gasteiger partial charge in [-0.15, -0.1) is 0 Å². The molecule has 2 rings (SSSR count). The first-order valence-corrected chi connectivity index (χ1v) is 8.71. The third-order valence-electron chi connectivity index (χ3n) is 2.99. The molecule has 0 aromatic heterocycles. The summed E-state index contributed by atoms with van der Waals surface area (Å²) < 4.78 is 7.98. The molecule has 0 heterocycles. The minimum absolute atomic E-state index is 0.0119. The van der Waals surface area contributed by atoms with Gasteiger partial charge in [0.1, 0.15) is 12.4 Å². The molecular formula is C16H15Cl2N3O3S. The highest BCUT2D eigenvalue weighted by molar-refractivity contribution is 7.98. The van der Waals surface area contributed by atoms with Crippen molar-refractivity contribution in [2.45, 2.75) is 4.90 Å². The molecule has 6 nitrogen and oxygen atoms in total. The van der Waals surface area contributed by atoms with Crippen molar-refractivity contribution < 1.29 is 14.3 Å². The molecule has 0 saturated carbocycles. The average molecular weight is 400 g/mol. The Hall–Kier alpha value is -2.09. The molecule has 0 unspecified atom stereocenters. The van der Waals surface area contributed by atoms with Crippen molar-refractivity contribution in [3.63, 3.8) is 0 Å². The number of nitrogens with zero attached hydrogens (tertiary/aromatic N) is 1. The first kappa shape index (κ1) is 19.2. The number of urea groups is 2. The number of nitrogens with one attached hydrogen (secondary N) is 1. The van der Waals surface area contributed by atoms with Crippen LogP contribution in [0, 0.1) is 0 Å². The van der Waals surface area contributed by atoms with Crippen LogP contribution in [0.15, 0.2) is 53.4 Å². The lowest BCUT2D eigenvalue weighted by atomic mass is 10.3. The molecule has 0 spiro atoms. The zero-order valence-corrected chi connectivity index (χ0v) is 15.3. The Balaban J connectivity index is 1.86. The fourth-order valence-electron chi connectivity index (χ4n) is 1.78. The van der Waals surface area contributed by atoms with E-state index in [0.29, 0.717) is 20.7 Å². The van der Waals surface area contributed by atoms with Gasteiger partial charge in [-0.1, -0.05) is 41.4 Å². The van der Waals surface area contributed by atoms with E-state index in [9.17, 15) is 9.59 Å². The Labute approximate surface area is 159 Å². The summed E-state index contributed by atoms with van der Waals surface area (Å²) in [4.78, 5) is 25.1. The van der Waals surface area contributed by atoms with Gasteiger partial charge in [0.05, 0.1) is 16.6 Å². The number of nitrogens with two attached hydrogens (primary N) is 1. The highest BCUT2D eigenvalue weighted by Crippen LogP contribution is 2.26. The molecule has 132 valence electrons. The Morgan fingerprint density at radius 3 is 2.48 bits per heavy atom. The second-order valence-corrected chi connectivity index (χ2v) is 6.43. The fourth-order valence-corrected chi connectivity index (χ4v) is 2.77. The molecule has 0 aliphatic carbocycles. The number of amides is 4. The van der Waals surface area contributed by atoms with Gasteiger partial charge in [0, 0.05) is 4.90 Å². The zero-order valence-electron chi connectivity index (χ0n) is 12.9. The van der Waals surface area contributed by atoms with Gasteiger partial charge in [-0.25, -0.2) is 14.5 Å². The molecule has 0 aliphatic heterocycles. The molecule has 0 aliphatic rings. The molecule has 25 heavy (non-hydrogen) atoms. The van der Waals surface area contributed by atoms with E-state index in [1.807, 2.05) is 18.2 Å². The van der Waals surface area contributed by atoms with Crippen molar-refractivity contribution in [2.75, 3.05) is 13.2 Å². The summed E-state index contributed by atoms with van der Waals surface area (Å²) in [5.74, 6) is 0.637. The maximum Gasteiger partial charge on any atom is 0.335 e. The number of hydrogen-bond donors (Lipinski definition) is 2. The van der Waals surface area contributed by atoms with Crippen LogP contribution in [0.5, 0.6) is 5.75 Å². The largest absolute Gasteiger partial charge is 0.492 e. The number of hydrogen-bond acceptors (Lipinski definition) is 4. The second-order valence-electron chi connectivity index (χ2n) is 4.74. The summed E-state index contributed by atoms with van der Waals surface area (Å²) in [5, 5.41) is 0.776. The van der Waals surface area contributed by atoms with Crippen molar-refractivity contribution >= 4 is 47.2 Å². The van der Waals surface area contributed by atoms with E-state index in [4.69, 9.17) is 33.7 Å². The van der Waals surface area contributed by atoms with Crippen LogP contribution in [-0.2, 0) is 0 Å². The van der Waals surface area contributed by atoms with E-state index in [-0.39, 0.29) is 13.2 Å². The number of benzene rings is 2. The lowest BCUT2D eigenvalue weighted by Gasteiger charge is -2.19. The summed E-state index contributed by atoms with van der Waals surface area (Å²) >= 11 is 12.7. The minimum atomic E-state index is -0.871. The number of imide groups is 1. The quantitative estimate of drug-likeness (QED) is 0.713. The molecule has 0 fully saturated rings. The third kappa shape index (κ3) is 6.04. The Morgan fingerprint density at radius 2 is 1.84 bits per heavy atom. The van der Waals surface area contributed by atoms with Crippen molar-refractivity contribution in [1.29, 1.82) is 0 Å². The smallest absolute Gasteiger partial charge is 0.335 e. The molecule has 4 amide bonds. The molecule has 2 aromatic carbocycles. The van der Waals surface area contributed by atoms with Crippen LogP contribution in [-0.4, -0.2) is 30.1 Å². The predicted molar refractivity (Wildman–Crippen MR) is 99.1 cm³/mol. The van der Waals surface area contributed by atoms with Crippen LogP contribution in [0.2, 0.25) is 10.0 Å². The van der Waals surface area contributed by atoms with Crippen molar-refractivity contribution in [3.05, 3.63) is 58.6 Å². The van der Waals surface area contributed by atoms with E-state index in [2.05, 4.69) is 4.72 Å². The highest BCUT2D eigenvalue weighted by Gasteiger charge is 2.19. The average Bonchev–Trinajstić information content (AvgIpc) is 2.60. The van der Waals surface area contributed by atoms with E-state index in [0.717, 1.165) is 16.8 Å². The van der Waals surface area contributed by atoms with E-state index < -0.39 is 12.1 Å². The normalized spacial score (nSPS) is 10.2. The first-order chi connectivity index (χ1) is 12.0. The van der Waals surface area contributed by atoms with Crippen LogP contribution < -0.4 is 15.2 Å². The predicted octanol–water partition coefficient (Wildman–Crippen LogP) is 4.17. The SMILES string of the molecule is NC(=O)N(CCOc1ccccc1)C(=O)NSc1ccc(Cl)c(Cl)c1. The fraction of sp³-hybridized carbons (Fsp3) is 0.125. The summed E-state index contributed by atoms with van der Waals surface area (Å²) in [7, 11) is 0. The number of primary amides is 1. The molecule has 2 aromatic rings. The van der Waals surface area contributed by atoms with Gasteiger partial charge in [0.25, 0.3) is 0 Å². The Morgan fingerprint density at radius 1 is 1.12 bits per heavy atom. The Bertz CT molecular complexity index is 747. The number of para-hydroxylation sites is 1. The van der Waals surface area contributed by atoms with Crippen LogP contribution >= 0.6 is 35.1 Å². The van der Waals surface area contributed by atoms with Crippen molar-refractivity contribution in [3.8, 4) is 5.75 Å². The summed E-state index contributed by atoms with van der Waals surface area (Å²) in [6, 6.07) is 12.4. The highest BCUT2D eigenvalue weighted by atomic mass is 35.5. The molecule has 0 atom stereocenters. The van der Waals surface area contributed by atoms with Gasteiger partial charge in [-0.2, -0.15) is 0 Å². The standard InChI is InChI=1S/C16H15Cl2N3O3S/c17-13-7-6-12(10-14(13)18)25-20-16(23)21(15(19)22)8-9-24-11-4-2-1-3-5-11/h1-7,10H,8-9H2,(H2,19,22)(H,20,23). The van der Waals surface area contributed by atoms with Crippen LogP contribution in [0.1, 0.15) is 0 Å². The van der Waals surface area contributed by atoms with Gasteiger partial charge in [0.2, 0.25) is 0 Å². The van der Waals surface area contributed by atoms with Crippen molar-refractivity contribution in [1.82, 2.24) is 9.62 Å². The Kier molecular flexibility index (Phi) is 7.24. The van der Waals surface area contributed by atoms with Gasteiger partial charge in [0.15, 0.2) is 0 Å². The molecule has 0 saturated heterocycles. The molecule has 0 radical (unpaired) electrons. The van der Waals surface area contributed by atoms with E-state index in [1.54, 1.807) is 30.3 Å². The van der Waals surface area contributed by atoms with Crippen LogP contribution in [0.25, 0.3) is 0 Å². The maximum absolute atomic E-state index is 12.1. The van der Waals surface area contributed by atoms with Crippen molar-refractivity contribution in [2.24, 2.45) is 5.73 Å². The third-order valence-corrected chi connectivity index (χ3v) is 4.49. The summed E-state index contributed by atoms with van der Waals surface area (Å²) in [6.07, 6.45) is 0.